The fourth-order valence-corrected chi connectivity index (χ4v) is 1.40. The molecule has 0 spiro atoms. The Morgan fingerprint density at radius 3 is 3.00 bits per heavy atom. The first-order valence-corrected chi connectivity index (χ1v) is 4.04. The molecule has 0 bridgehead atoms. The molecule has 6 nitrogen and oxygen atoms in total. The number of aromatic nitrogens is 4. The molecule has 0 fully saturated rings. The lowest BCUT2D eigenvalue weighted by atomic mass is 10.5. The van der Waals surface area contributed by atoms with E-state index in [1.807, 2.05) is 22.9 Å². The first kappa shape index (κ1) is 7.53. The summed E-state index contributed by atoms with van der Waals surface area (Å²) >= 11 is 1.84. The minimum absolute atomic E-state index is 0.252. The van der Waals surface area contributed by atoms with Gasteiger partial charge in [0, 0.05) is 0 Å². The lowest BCUT2D eigenvalue weighted by molar-refractivity contribution is 1.16. The van der Waals surface area contributed by atoms with Crippen LogP contribution in [0.1, 0.15) is 0 Å². The minimum atomic E-state index is -0.252. The number of H-pyrrole nitrogens is 1. The second-order valence-electron chi connectivity index (χ2n) is 2.17. The average molecular weight is 277 g/mol. The molecule has 0 aliphatic rings. The van der Waals surface area contributed by atoms with Gasteiger partial charge in [0.05, 0.1) is 22.9 Å². The number of nitrogen functional groups attached to an aromatic ring is 1. The smallest absolute Gasteiger partial charge is 0.336 e. The quantitative estimate of drug-likeness (QED) is 0.658. The zero-order valence-electron chi connectivity index (χ0n) is 5.78. The number of anilines is 1. The maximum absolute atomic E-state index is 11.1. The summed E-state index contributed by atoms with van der Waals surface area (Å²) < 4.78 is 1.35. The van der Waals surface area contributed by atoms with Gasteiger partial charge in [0.1, 0.15) is 11.8 Å². The van der Waals surface area contributed by atoms with Crippen LogP contribution in [0.15, 0.2) is 11.1 Å². The summed E-state index contributed by atoms with van der Waals surface area (Å²) in [7, 11) is 0. The van der Waals surface area contributed by atoms with Crippen LogP contribution in [0.25, 0.3) is 11.2 Å². The summed E-state index contributed by atoms with van der Waals surface area (Å²) in [6, 6.07) is 0. The number of fused-ring (bicyclic) bond motifs is 1. The molecular weight excluding hydrogens is 273 g/mol. The average Bonchev–Trinajstić information content (AvgIpc) is 2.32. The Hall–Kier alpha value is -1.12. The van der Waals surface area contributed by atoms with Gasteiger partial charge in [-0.05, 0) is 0 Å². The van der Waals surface area contributed by atoms with Crippen LogP contribution in [0.2, 0.25) is 0 Å². The van der Waals surface area contributed by atoms with E-state index in [0.717, 1.165) is 0 Å². The fourth-order valence-electron chi connectivity index (χ4n) is 0.910. The van der Waals surface area contributed by atoms with E-state index in [1.54, 1.807) is 0 Å². The summed E-state index contributed by atoms with van der Waals surface area (Å²) in [6.07, 6.45) is 1.32. The van der Waals surface area contributed by atoms with Gasteiger partial charge in [-0.2, -0.15) is 0 Å². The van der Waals surface area contributed by atoms with Crippen LogP contribution in [-0.4, -0.2) is 17.7 Å². The third kappa shape index (κ3) is 0.891. The van der Waals surface area contributed by atoms with Gasteiger partial charge in [-0.3, -0.25) is 0 Å². The SMILES string of the molecule is Nc1ncnc2c1[nH]c(=O)n2I. The molecule has 2 heterocycles. The van der Waals surface area contributed by atoms with Crippen LogP contribution >= 0.6 is 22.9 Å². The topological polar surface area (TPSA) is 89.6 Å². The van der Waals surface area contributed by atoms with E-state index in [1.165, 1.54) is 9.11 Å². The number of nitrogens with one attached hydrogen (secondary N) is 1. The van der Waals surface area contributed by atoms with Crippen molar-refractivity contribution >= 4 is 39.8 Å². The second kappa shape index (κ2) is 2.44. The van der Waals surface area contributed by atoms with Crippen molar-refractivity contribution in [1.29, 1.82) is 0 Å². The predicted molar refractivity (Wildman–Crippen MR) is 52.0 cm³/mol. The molecule has 0 saturated heterocycles. The number of hydrogen-bond donors (Lipinski definition) is 2. The number of halogens is 1. The molecule has 0 atom stereocenters. The fraction of sp³-hybridized carbons (Fsp3) is 0. The summed E-state index contributed by atoms with van der Waals surface area (Å²) in [6.45, 7) is 0. The standard InChI is InChI=1S/C5H4IN5O/c6-11-4-2(10-5(11)12)3(7)8-1-9-4/h1H,(H,10,12)(H2,7,8,9). The largest absolute Gasteiger partial charge is 0.382 e. The lowest BCUT2D eigenvalue weighted by Gasteiger charge is -1.91. The van der Waals surface area contributed by atoms with Gasteiger partial charge in [-0.1, -0.05) is 0 Å². The molecule has 0 aliphatic carbocycles. The van der Waals surface area contributed by atoms with Crippen molar-refractivity contribution in [2.45, 2.75) is 0 Å². The molecule has 0 unspecified atom stereocenters. The highest BCUT2D eigenvalue weighted by molar-refractivity contribution is 14.1. The zero-order chi connectivity index (χ0) is 8.72. The van der Waals surface area contributed by atoms with E-state index in [0.29, 0.717) is 11.2 Å². The van der Waals surface area contributed by atoms with Crippen molar-refractivity contribution in [2.75, 3.05) is 5.73 Å². The van der Waals surface area contributed by atoms with Crippen molar-refractivity contribution in [1.82, 2.24) is 17.7 Å². The van der Waals surface area contributed by atoms with E-state index in [-0.39, 0.29) is 11.5 Å². The number of hydrogen-bond acceptors (Lipinski definition) is 4. The van der Waals surface area contributed by atoms with E-state index >= 15 is 0 Å². The Labute approximate surface area is 80.3 Å². The highest BCUT2D eigenvalue weighted by Gasteiger charge is 2.07. The third-order valence-corrected chi connectivity index (χ3v) is 2.35. The van der Waals surface area contributed by atoms with Crippen molar-refractivity contribution in [3.05, 3.63) is 16.8 Å². The Kier molecular flexibility index (Phi) is 1.53. The van der Waals surface area contributed by atoms with E-state index in [9.17, 15) is 4.79 Å². The number of imidazole rings is 1. The van der Waals surface area contributed by atoms with Gasteiger partial charge in [-0.15, -0.1) is 0 Å². The molecule has 0 radical (unpaired) electrons. The van der Waals surface area contributed by atoms with E-state index in [2.05, 4.69) is 15.0 Å². The van der Waals surface area contributed by atoms with Gasteiger partial charge in [0.2, 0.25) is 0 Å². The molecule has 12 heavy (non-hydrogen) atoms. The molecule has 2 aromatic rings. The van der Waals surface area contributed by atoms with Crippen LogP contribution in [0, 0.1) is 0 Å². The first-order chi connectivity index (χ1) is 5.70. The maximum atomic E-state index is 11.1. The van der Waals surface area contributed by atoms with Crippen molar-refractivity contribution in [3.8, 4) is 0 Å². The predicted octanol–water partition coefficient (Wildman–Crippen LogP) is -0.100. The number of nitrogens with zero attached hydrogens (tertiary/aromatic N) is 3. The molecule has 0 amide bonds. The molecule has 7 heteroatoms. The Morgan fingerprint density at radius 1 is 1.58 bits per heavy atom. The van der Waals surface area contributed by atoms with Gasteiger partial charge in [0.15, 0.2) is 11.5 Å². The van der Waals surface area contributed by atoms with Gasteiger partial charge < -0.3 is 10.7 Å². The van der Waals surface area contributed by atoms with Crippen LogP contribution < -0.4 is 11.4 Å². The summed E-state index contributed by atoms with van der Waals surface area (Å²) in [5, 5.41) is 0. The number of nitrogens with two attached hydrogens (primary N) is 1. The highest BCUT2D eigenvalue weighted by atomic mass is 127. The Morgan fingerprint density at radius 2 is 2.33 bits per heavy atom. The number of rotatable bonds is 0. The van der Waals surface area contributed by atoms with E-state index in [4.69, 9.17) is 5.73 Å². The third-order valence-electron chi connectivity index (χ3n) is 1.45. The summed E-state index contributed by atoms with van der Waals surface area (Å²) in [5.41, 5.74) is 6.24. The summed E-state index contributed by atoms with van der Waals surface area (Å²) in [5.74, 6) is 0.285. The molecule has 2 aromatic heterocycles. The molecule has 0 aliphatic heterocycles. The zero-order valence-corrected chi connectivity index (χ0v) is 7.94. The molecule has 0 saturated carbocycles. The van der Waals surface area contributed by atoms with Gasteiger partial charge >= 0.3 is 5.69 Å². The number of aromatic amines is 1. The van der Waals surface area contributed by atoms with E-state index < -0.39 is 0 Å². The van der Waals surface area contributed by atoms with Gasteiger partial charge in [0.25, 0.3) is 0 Å². The van der Waals surface area contributed by atoms with Crippen LogP contribution in [0.3, 0.4) is 0 Å². The van der Waals surface area contributed by atoms with Crippen molar-refractivity contribution < 1.29 is 0 Å². The Bertz CT molecular complexity index is 486. The van der Waals surface area contributed by atoms with Gasteiger partial charge in [-0.25, -0.2) is 17.5 Å². The second-order valence-corrected chi connectivity index (χ2v) is 3.13. The lowest BCUT2D eigenvalue weighted by Crippen LogP contribution is -2.07. The molecule has 3 N–H and O–H groups in total. The molecule has 0 aromatic carbocycles. The van der Waals surface area contributed by atoms with Crippen molar-refractivity contribution in [2.24, 2.45) is 0 Å². The van der Waals surface area contributed by atoms with Crippen molar-refractivity contribution in [3.63, 3.8) is 0 Å². The normalized spacial score (nSPS) is 10.8. The first-order valence-electron chi connectivity index (χ1n) is 3.07. The molecular formula is C5H4IN5O. The minimum Gasteiger partial charge on any atom is -0.382 e. The monoisotopic (exact) mass is 277 g/mol. The van der Waals surface area contributed by atoms with Crippen LogP contribution in [-0.2, 0) is 0 Å². The highest BCUT2D eigenvalue weighted by Crippen LogP contribution is 2.12. The summed E-state index contributed by atoms with van der Waals surface area (Å²) in [4.78, 5) is 21.2. The maximum Gasteiger partial charge on any atom is 0.336 e. The molecule has 62 valence electrons. The molecule has 2 rings (SSSR count). The van der Waals surface area contributed by atoms with Crippen LogP contribution in [0.5, 0.6) is 0 Å². The Balaban J connectivity index is 3.05. The van der Waals surface area contributed by atoms with Crippen LogP contribution in [0.4, 0.5) is 5.82 Å².